The number of urea groups is 1. The van der Waals surface area contributed by atoms with Crippen molar-refractivity contribution in [1.82, 2.24) is 20.1 Å². The van der Waals surface area contributed by atoms with Gasteiger partial charge in [-0.2, -0.15) is 4.99 Å². The summed E-state index contributed by atoms with van der Waals surface area (Å²) in [5.41, 5.74) is 5.99. The van der Waals surface area contributed by atoms with E-state index in [9.17, 15) is 22.8 Å². The molecule has 4 aromatic rings. The minimum Gasteiger partial charge on any atom is -0.406 e. The van der Waals surface area contributed by atoms with E-state index >= 15 is 0 Å². The summed E-state index contributed by atoms with van der Waals surface area (Å²) in [5.74, 6) is 0.426. The first-order valence-corrected chi connectivity index (χ1v) is 16.2. The Hall–Kier alpha value is -4.91. The van der Waals surface area contributed by atoms with Crippen molar-refractivity contribution in [2.24, 2.45) is 4.99 Å². The maximum atomic E-state index is 13.0. The molecule has 1 saturated heterocycles. The summed E-state index contributed by atoms with van der Waals surface area (Å²) in [5, 5.41) is 7.77. The summed E-state index contributed by atoms with van der Waals surface area (Å²) in [4.78, 5) is 36.0. The zero-order chi connectivity index (χ0) is 34.6. The Morgan fingerprint density at radius 3 is 2.56 bits per heavy atom. The molecule has 1 unspecified atom stereocenters. The number of alkyl halides is 3. The van der Waals surface area contributed by atoms with E-state index in [4.69, 9.17) is 0 Å². The van der Waals surface area contributed by atoms with Crippen molar-refractivity contribution in [2.75, 3.05) is 10.7 Å². The van der Waals surface area contributed by atoms with Gasteiger partial charge in [0.1, 0.15) is 12.1 Å². The van der Waals surface area contributed by atoms with Gasteiger partial charge in [-0.05, 0) is 86.2 Å². The fourth-order valence-corrected chi connectivity index (χ4v) is 6.17. The van der Waals surface area contributed by atoms with E-state index in [0.29, 0.717) is 23.1 Å². The van der Waals surface area contributed by atoms with Crippen molar-refractivity contribution < 1.29 is 27.5 Å². The van der Waals surface area contributed by atoms with Crippen LogP contribution in [-0.2, 0) is 4.79 Å². The Balaban J connectivity index is 1.22. The third kappa shape index (κ3) is 8.71. The molecule has 0 aliphatic carbocycles. The quantitative estimate of drug-likeness (QED) is 0.191. The number of nitrogens with zero attached hydrogens (tertiary/aromatic N) is 5. The molecular weight excluding hydrogens is 641 g/mol. The van der Waals surface area contributed by atoms with Crippen LogP contribution in [-0.4, -0.2) is 50.0 Å². The third-order valence-electron chi connectivity index (χ3n) is 7.39. The lowest BCUT2D eigenvalue weighted by molar-refractivity contribution is -0.274. The summed E-state index contributed by atoms with van der Waals surface area (Å²) < 4.78 is 42.8. The van der Waals surface area contributed by atoms with Crippen molar-refractivity contribution >= 4 is 40.6 Å². The number of hydrogen-bond acceptors (Lipinski definition) is 6. The Labute approximate surface area is 280 Å². The fourth-order valence-electron chi connectivity index (χ4n) is 5.31. The van der Waals surface area contributed by atoms with Gasteiger partial charge in [-0.15, -0.1) is 18.3 Å². The molecule has 0 saturated carbocycles. The van der Waals surface area contributed by atoms with Crippen LogP contribution < -0.4 is 15.0 Å². The highest BCUT2D eigenvalue weighted by molar-refractivity contribution is 8.15. The first-order chi connectivity index (χ1) is 22.8. The normalized spacial score (nSPS) is 15.4. The van der Waals surface area contributed by atoms with Crippen LogP contribution in [0.3, 0.4) is 0 Å². The number of benzene rings is 3. The van der Waals surface area contributed by atoms with Gasteiger partial charge in [0.05, 0.1) is 17.1 Å². The Morgan fingerprint density at radius 2 is 1.85 bits per heavy atom. The lowest BCUT2D eigenvalue weighted by atomic mass is 9.99. The second kappa shape index (κ2) is 14.5. The van der Waals surface area contributed by atoms with Crippen LogP contribution in [0, 0.1) is 6.92 Å². The predicted octanol–water partition coefficient (Wildman–Crippen LogP) is 8.29. The van der Waals surface area contributed by atoms with Crippen LogP contribution in [0.5, 0.6) is 5.75 Å². The van der Waals surface area contributed by atoms with Gasteiger partial charge in [0, 0.05) is 11.6 Å². The van der Waals surface area contributed by atoms with E-state index in [0.717, 1.165) is 33.5 Å². The predicted molar refractivity (Wildman–Crippen MR) is 182 cm³/mol. The monoisotopic (exact) mass is 676 g/mol. The minimum atomic E-state index is -4.76. The molecule has 5 rings (SSSR count). The summed E-state index contributed by atoms with van der Waals surface area (Å²) in [6, 6.07) is 18.2. The van der Waals surface area contributed by atoms with Crippen LogP contribution in [0.25, 0.3) is 23.2 Å². The van der Waals surface area contributed by atoms with Crippen LogP contribution in [0.2, 0.25) is 0 Å². The fraction of sp³-hybridized carbons (Fsp3) is 0.286. The highest BCUT2D eigenvalue weighted by Crippen LogP contribution is 2.34. The van der Waals surface area contributed by atoms with Crippen LogP contribution in [0.1, 0.15) is 56.7 Å². The maximum Gasteiger partial charge on any atom is 0.573 e. The molecule has 3 aromatic carbocycles. The van der Waals surface area contributed by atoms with Gasteiger partial charge in [-0.1, -0.05) is 67.6 Å². The number of aryl methyl sites for hydroxylation is 1. The number of carbonyl (C=O) groups is 2. The van der Waals surface area contributed by atoms with Gasteiger partial charge in [0.2, 0.25) is 5.91 Å². The maximum absolute atomic E-state index is 13.0. The highest BCUT2D eigenvalue weighted by Gasteiger charge is 2.33. The van der Waals surface area contributed by atoms with Crippen LogP contribution >= 0.6 is 11.8 Å². The lowest BCUT2D eigenvalue weighted by Gasteiger charge is -2.22. The van der Waals surface area contributed by atoms with E-state index in [1.54, 1.807) is 4.90 Å². The molecule has 250 valence electrons. The van der Waals surface area contributed by atoms with Crippen molar-refractivity contribution in [1.29, 1.82) is 0 Å². The number of ether oxygens (including phenoxy) is 1. The lowest BCUT2D eigenvalue weighted by Crippen LogP contribution is -2.34. The largest absolute Gasteiger partial charge is 0.573 e. The number of aliphatic imine (C=N–C) groups is 1. The van der Waals surface area contributed by atoms with Crippen LogP contribution in [0.4, 0.5) is 23.7 Å². The van der Waals surface area contributed by atoms with Gasteiger partial charge >= 0.3 is 12.4 Å². The van der Waals surface area contributed by atoms with E-state index in [1.807, 2.05) is 69.3 Å². The Kier molecular flexibility index (Phi) is 10.4. The number of thioether (sulfide) groups is 1. The van der Waals surface area contributed by atoms with E-state index in [1.165, 1.54) is 47.0 Å². The molecule has 13 heteroatoms. The van der Waals surface area contributed by atoms with Gasteiger partial charge in [-0.3, -0.25) is 9.69 Å². The number of amides is 3. The molecule has 9 nitrogen and oxygen atoms in total. The topological polar surface area (TPSA) is 102 Å². The molecule has 3 amide bonds. The number of anilines is 1. The SMILES string of the molecule is C/C(=C/c1cccc(-c2ncn(-c3ccc(OC(F)(F)F)cc3)n2)c1)CC(C)NC(=O)N=C1SCC(=O)N1c1cc(C)ccc1C(C)C. The second-order valence-electron chi connectivity index (χ2n) is 11.9. The zero-order valence-electron chi connectivity index (χ0n) is 27.1. The molecule has 0 radical (unpaired) electrons. The summed E-state index contributed by atoms with van der Waals surface area (Å²) in [6.45, 7) is 9.96. The molecule has 1 atom stereocenters. The first kappa shape index (κ1) is 34.4. The Bertz CT molecular complexity index is 1870. The number of rotatable bonds is 9. The first-order valence-electron chi connectivity index (χ1n) is 15.3. The molecule has 1 fully saturated rings. The minimum absolute atomic E-state index is 0.108. The average molecular weight is 677 g/mol. The van der Waals surface area contributed by atoms with Crippen molar-refractivity contribution in [2.45, 2.75) is 59.4 Å². The molecular formula is C35H35F3N6O3S. The summed E-state index contributed by atoms with van der Waals surface area (Å²) in [6.07, 6.45) is -0.708. The van der Waals surface area contributed by atoms with Crippen molar-refractivity contribution in [3.8, 4) is 22.8 Å². The van der Waals surface area contributed by atoms with Crippen LogP contribution in [0.15, 0.2) is 83.6 Å². The highest BCUT2D eigenvalue weighted by atomic mass is 32.2. The molecule has 0 spiro atoms. The zero-order valence-corrected chi connectivity index (χ0v) is 27.9. The van der Waals surface area contributed by atoms with Crippen molar-refractivity contribution in [3.05, 3.63) is 95.3 Å². The van der Waals surface area contributed by atoms with E-state index < -0.39 is 12.4 Å². The molecule has 1 aliphatic rings. The third-order valence-corrected chi connectivity index (χ3v) is 8.32. The van der Waals surface area contributed by atoms with Gasteiger partial charge in [0.25, 0.3) is 0 Å². The van der Waals surface area contributed by atoms with E-state index in [2.05, 4.69) is 39.0 Å². The molecule has 0 bridgehead atoms. The number of carbonyl (C=O) groups excluding carboxylic acids is 2. The van der Waals surface area contributed by atoms with Crippen molar-refractivity contribution in [3.63, 3.8) is 0 Å². The van der Waals surface area contributed by atoms with Gasteiger partial charge < -0.3 is 10.1 Å². The van der Waals surface area contributed by atoms with Gasteiger partial charge in [-0.25, -0.2) is 14.5 Å². The average Bonchev–Trinajstić information content (AvgIpc) is 3.63. The number of aromatic nitrogens is 3. The molecule has 1 aromatic heterocycles. The number of amidine groups is 1. The second-order valence-corrected chi connectivity index (χ2v) is 12.8. The van der Waals surface area contributed by atoms with Gasteiger partial charge in [0.15, 0.2) is 11.0 Å². The number of hydrogen-bond donors (Lipinski definition) is 1. The number of nitrogens with one attached hydrogen (secondary N) is 1. The molecule has 2 heterocycles. The molecule has 1 aliphatic heterocycles. The smallest absolute Gasteiger partial charge is 0.406 e. The number of halogens is 3. The molecule has 1 N–H and O–H groups in total. The summed E-state index contributed by atoms with van der Waals surface area (Å²) in [7, 11) is 0. The Morgan fingerprint density at radius 1 is 1.10 bits per heavy atom. The van der Waals surface area contributed by atoms with E-state index in [-0.39, 0.29) is 29.4 Å². The standard InChI is InChI=1S/C35H35F3N6O3S/c1-21(2)29-14-9-22(3)17-30(29)44-31(45)19-48-34(44)41-33(46)40-24(5)15-23(4)16-25-7-6-8-26(18-25)32-39-20-43(42-32)27-10-12-28(13-11-27)47-35(36,37)38/h6-14,16-18,20-21,24H,15,19H2,1-5H3,(H,40,46)/b23-16-,41-34?. The summed E-state index contributed by atoms with van der Waals surface area (Å²) >= 11 is 1.25. The molecule has 48 heavy (non-hydrogen) atoms.